The largest absolute Gasteiger partial charge is 0.475 e. The summed E-state index contributed by atoms with van der Waals surface area (Å²) in [7, 11) is 0. The third-order valence-electron chi connectivity index (χ3n) is 8.92. The fourth-order valence-corrected chi connectivity index (χ4v) is 6.56. The fraction of sp³-hybridized carbons (Fsp3) is 0.500. The molecule has 1 amide bonds. The van der Waals surface area contributed by atoms with Crippen molar-refractivity contribution in [3.05, 3.63) is 77.6 Å². The zero-order valence-electron chi connectivity index (χ0n) is 22.9. The second-order valence-corrected chi connectivity index (χ2v) is 11.5. The molecule has 7 nitrogen and oxygen atoms in total. The third kappa shape index (κ3) is 6.47. The van der Waals surface area contributed by atoms with Gasteiger partial charge >= 0.3 is 5.97 Å². The summed E-state index contributed by atoms with van der Waals surface area (Å²) < 4.78 is 10.7. The standard InChI is InChI=1S/C32H40N2O5/c1-24-7-9-26(10-8-24)34(30(35)28-6-5-22-38-28)27-12-19-33(20-13-27)21-18-32(15-3-2-4-16-32)17-11-25-14-23-39-29(25)31(36)37/h5-10,14,22-23,27H,2-4,11-13,15-21H2,1H3,(H,36,37). The summed E-state index contributed by atoms with van der Waals surface area (Å²) in [4.78, 5) is 29.4. The Kier molecular flexibility index (Phi) is 8.56. The van der Waals surface area contributed by atoms with Crippen LogP contribution >= 0.6 is 0 Å². The molecule has 1 aromatic carbocycles. The molecular formula is C32H40N2O5. The van der Waals surface area contributed by atoms with E-state index in [1.807, 2.05) is 23.1 Å². The normalized spacial score (nSPS) is 18.2. The summed E-state index contributed by atoms with van der Waals surface area (Å²) in [6, 6.07) is 13.6. The Bertz CT molecular complexity index is 1220. The summed E-state index contributed by atoms with van der Waals surface area (Å²) >= 11 is 0. The molecule has 1 aliphatic heterocycles. The second kappa shape index (κ2) is 12.2. The van der Waals surface area contributed by atoms with E-state index in [1.54, 1.807) is 18.4 Å². The lowest BCUT2D eigenvalue weighted by atomic mass is 9.68. The molecule has 0 bridgehead atoms. The van der Waals surface area contributed by atoms with Gasteiger partial charge in [0.1, 0.15) is 0 Å². The number of carbonyl (C=O) groups excluding carboxylic acids is 1. The van der Waals surface area contributed by atoms with Crippen LogP contribution in [0.15, 0.2) is 63.8 Å². The summed E-state index contributed by atoms with van der Waals surface area (Å²) in [5.74, 6) is -0.601. The number of anilines is 1. The van der Waals surface area contributed by atoms with Gasteiger partial charge in [-0.05, 0) is 94.2 Å². The van der Waals surface area contributed by atoms with E-state index in [9.17, 15) is 14.7 Å². The first kappa shape index (κ1) is 27.3. The monoisotopic (exact) mass is 532 g/mol. The van der Waals surface area contributed by atoms with Gasteiger partial charge in [0.25, 0.3) is 5.91 Å². The Balaban J connectivity index is 1.21. The number of carbonyl (C=O) groups is 2. The zero-order valence-corrected chi connectivity index (χ0v) is 22.9. The van der Waals surface area contributed by atoms with Crippen molar-refractivity contribution in [1.29, 1.82) is 0 Å². The van der Waals surface area contributed by atoms with Gasteiger partial charge in [0.2, 0.25) is 5.76 Å². The van der Waals surface area contributed by atoms with Crippen molar-refractivity contribution in [3.63, 3.8) is 0 Å². The molecular weight excluding hydrogens is 492 g/mol. The highest BCUT2D eigenvalue weighted by atomic mass is 16.4. The molecule has 2 fully saturated rings. The van der Waals surface area contributed by atoms with Crippen molar-refractivity contribution < 1.29 is 23.5 Å². The number of likely N-dealkylation sites (tertiary alicyclic amines) is 1. The van der Waals surface area contributed by atoms with Gasteiger partial charge in [-0.3, -0.25) is 4.79 Å². The lowest BCUT2D eigenvalue weighted by Gasteiger charge is -2.42. The highest BCUT2D eigenvalue weighted by molar-refractivity contribution is 6.04. The van der Waals surface area contributed by atoms with Crippen LogP contribution in [0.5, 0.6) is 0 Å². The summed E-state index contributed by atoms with van der Waals surface area (Å²) in [6.07, 6.45) is 14.0. The number of amides is 1. The van der Waals surface area contributed by atoms with Crippen LogP contribution < -0.4 is 4.90 Å². The maximum absolute atomic E-state index is 13.5. The lowest BCUT2D eigenvalue weighted by molar-refractivity contribution is 0.0659. The molecule has 2 aliphatic rings. The minimum absolute atomic E-state index is 0.0801. The van der Waals surface area contributed by atoms with Crippen LogP contribution in [0.4, 0.5) is 5.69 Å². The van der Waals surface area contributed by atoms with E-state index in [0.29, 0.717) is 5.76 Å². The molecule has 0 atom stereocenters. The molecule has 0 unspecified atom stereocenters. The maximum Gasteiger partial charge on any atom is 0.372 e. The molecule has 1 saturated carbocycles. The van der Waals surface area contributed by atoms with Crippen LogP contribution in [0.2, 0.25) is 0 Å². The zero-order chi connectivity index (χ0) is 27.2. The molecule has 1 saturated heterocycles. The topological polar surface area (TPSA) is 87.1 Å². The lowest BCUT2D eigenvalue weighted by Crippen LogP contribution is -2.48. The number of hydrogen-bond donors (Lipinski definition) is 1. The maximum atomic E-state index is 13.5. The van der Waals surface area contributed by atoms with Crippen molar-refractivity contribution >= 4 is 17.6 Å². The van der Waals surface area contributed by atoms with Crippen molar-refractivity contribution in [2.24, 2.45) is 5.41 Å². The first-order valence-electron chi connectivity index (χ1n) is 14.4. The van der Waals surface area contributed by atoms with Gasteiger partial charge in [0, 0.05) is 30.4 Å². The molecule has 0 radical (unpaired) electrons. The summed E-state index contributed by atoms with van der Waals surface area (Å²) in [6.45, 7) is 5.01. The number of hydrogen-bond acceptors (Lipinski definition) is 5. The SMILES string of the molecule is Cc1ccc(N(C(=O)c2ccco2)C2CCN(CCC3(CCc4ccoc4C(=O)O)CCCCC3)CC2)cc1. The number of piperidine rings is 1. The number of benzene rings is 1. The number of carboxylic acids is 1. The van der Waals surface area contributed by atoms with Crippen molar-refractivity contribution in [3.8, 4) is 0 Å². The molecule has 1 N–H and O–H groups in total. The van der Waals surface area contributed by atoms with Gasteiger partial charge in [-0.15, -0.1) is 0 Å². The van der Waals surface area contributed by atoms with Gasteiger partial charge < -0.3 is 23.7 Å². The number of carboxylic acid groups (broad SMARTS) is 1. The van der Waals surface area contributed by atoms with Crippen LogP contribution in [-0.2, 0) is 6.42 Å². The smallest absolute Gasteiger partial charge is 0.372 e. The minimum Gasteiger partial charge on any atom is -0.475 e. The molecule has 5 rings (SSSR count). The summed E-state index contributed by atoms with van der Waals surface area (Å²) in [5, 5.41) is 9.43. The minimum atomic E-state index is -0.985. The molecule has 3 aromatic rings. The molecule has 1 aliphatic carbocycles. The number of furan rings is 2. The van der Waals surface area contributed by atoms with E-state index in [2.05, 4.69) is 24.0 Å². The first-order valence-corrected chi connectivity index (χ1v) is 14.4. The highest BCUT2D eigenvalue weighted by Gasteiger charge is 2.35. The predicted octanol–water partition coefficient (Wildman–Crippen LogP) is 6.96. The molecule has 2 aromatic heterocycles. The molecule has 208 valence electrons. The Morgan fingerprint density at radius 2 is 1.72 bits per heavy atom. The molecule has 39 heavy (non-hydrogen) atoms. The van der Waals surface area contributed by atoms with Crippen LogP contribution in [0, 0.1) is 12.3 Å². The van der Waals surface area contributed by atoms with Crippen LogP contribution in [0.1, 0.15) is 90.0 Å². The first-order chi connectivity index (χ1) is 18.9. The second-order valence-electron chi connectivity index (χ2n) is 11.5. The molecule has 3 heterocycles. The van der Waals surface area contributed by atoms with Gasteiger partial charge in [0.15, 0.2) is 5.76 Å². The Hall–Kier alpha value is -3.32. The van der Waals surface area contributed by atoms with E-state index in [1.165, 1.54) is 43.9 Å². The number of aromatic carboxylic acids is 1. The van der Waals surface area contributed by atoms with Gasteiger partial charge in [-0.1, -0.05) is 37.0 Å². The van der Waals surface area contributed by atoms with E-state index < -0.39 is 5.97 Å². The Morgan fingerprint density at radius 3 is 2.38 bits per heavy atom. The van der Waals surface area contributed by atoms with E-state index in [4.69, 9.17) is 8.83 Å². The highest BCUT2D eigenvalue weighted by Crippen LogP contribution is 2.43. The average Bonchev–Trinajstić information content (AvgIpc) is 3.66. The average molecular weight is 533 g/mol. The van der Waals surface area contributed by atoms with Crippen molar-refractivity contribution in [2.75, 3.05) is 24.5 Å². The van der Waals surface area contributed by atoms with E-state index in [0.717, 1.165) is 63.0 Å². The van der Waals surface area contributed by atoms with E-state index >= 15 is 0 Å². The van der Waals surface area contributed by atoms with Crippen LogP contribution in [0.3, 0.4) is 0 Å². The Labute approximate surface area is 230 Å². The number of aryl methyl sites for hydroxylation is 2. The van der Waals surface area contributed by atoms with Crippen molar-refractivity contribution in [1.82, 2.24) is 4.90 Å². The fourth-order valence-electron chi connectivity index (χ4n) is 6.56. The quantitative estimate of drug-likeness (QED) is 0.304. The van der Waals surface area contributed by atoms with Gasteiger partial charge in [-0.2, -0.15) is 0 Å². The molecule has 0 spiro atoms. The van der Waals surface area contributed by atoms with Gasteiger partial charge in [-0.25, -0.2) is 4.79 Å². The Morgan fingerprint density at radius 1 is 0.974 bits per heavy atom. The van der Waals surface area contributed by atoms with E-state index in [-0.39, 0.29) is 23.1 Å². The van der Waals surface area contributed by atoms with Gasteiger partial charge in [0.05, 0.1) is 12.5 Å². The van der Waals surface area contributed by atoms with Crippen LogP contribution in [-0.4, -0.2) is 47.6 Å². The third-order valence-corrected chi connectivity index (χ3v) is 8.92. The van der Waals surface area contributed by atoms with Crippen LogP contribution in [0.25, 0.3) is 0 Å². The summed E-state index contributed by atoms with van der Waals surface area (Å²) in [5.41, 5.74) is 3.15. The number of nitrogens with zero attached hydrogens (tertiary/aromatic N) is 2. The van der Waals surface area contributed by atoms with Crippen molar-refractivity contribution in [2.45, 2.75) is 77.2 Å². The predicted molar refractivity (Wildman–Crippen MR) is 150 cm³/mol. The number of rotatable bonds is 10. The molecule has 7 heteroatoms.